The molecule has 0 aromatic heterocycles. The van der Waals surface area contributed by atoms with Crippen LogP contribution in [-0.2, 0) is 33.2 Å². The summed E-state index contributed by atoms with van der Waals surface area (Å²) >= 11 is 0. The first-order valence-electron chi connectivity index (χ1n) is 18.9. The molecule has 0 saturated carbocycles. The molecule has 0 aromatic rings. The summed E-state index contributed by atoms with van der Waals surface area (Å²) < 4.78 is 32.9. The van der Waals surface area contributed by atoms with Crippen LogP contribution in [0.3, 0.4) is 0 Å². The highest BCUT2D eigenvalue weighted by Crippen LogP contribution is 2.14. The van der Waals surface area contributed by atoms with Crippen LogP contribution in [0.1, 0.15) is 162 Å². The monoisotopic (exact) mass is 631 g/mol. The third-order valence-electron chi connectivity index (χ3n) is 7.86. The molecule has 0 aromatic carbocycles. The molecule has 0 unspecified atom stereocenters. The SMILES string of the molecule is CCCCCCCCCCCCCCCCCCOCCOCCOCCOCCOCCOC(=O)CCCCCCCC. The van der Waals surface area contributed by atoms with Gasteiger partial charge in [-0.15, -0.1) is 0 Å². The van der Waals surface area contributed by atoms with E-state index in [-0.39, 0.29) is 5.97 Å². The Morgan fingerprint density at radius 2 is 0.591 bits per heavy atom. The van der Waals surface area contributed by atoms with E-state index in [2.05, 4.69) is 13.8 Å². The maximum absolute atomic E-state index is 11.7. The van der Waals surface area contributed by atoms with E-state index in [0.717, 1.165) is 25.9 Å². The van der Waals surface area contributed by atoms with Gasteiger partial charge in [0.05, 0.1) is 59.5 Å². The van der Waals surface area contributed by atoms with E-state index in [1.165, 1.54) is 122 Å². The Balaban J connectivity index is 3.09. The minimum atomic E-state index is -0.125. The summed E-state index contributed by atoms with van der Waals surface area (Å²) in [6.07, 6.45) is 29.8. The van der Waals surface area contributed by atoms with Gasteiger partial charge in [0.15, 0.2) is 0 Å². The van der Waals surface area contributed by atoms with Crippen LogP contribution in [0.5, 0.6) is 0 Å². The van der Waals surface area contributed by atoms with Crippen molar-refractivity contribution in [1.82, 2.24) is 0 Å². The van der Waals surface area contributed by atoms with Crippen LogP contribution in [0.25, 0.3) is 0 Å². The van der Waals surface area contributed by atoms with E-state index < -0.39 is 0 Å². The molecule has 44 heavy (non-hydrogen) atoms. The first-order chi connectivity index (χ1) is 21.8. The number of unbranched alkanes of at least 4 members (excludes halogenated alkanes) is 20. The highest BCUT2D eigenvalue weighted by molar-refractivity contribution is 5.69. The molecule has 0 amide bonds. The molecule has 7 heteroatoms. The van der Waals surface area contributed by atoms with E-state index in [4.69, 9.17) is 28.4 Å². The molecule has 7 nitrogen and oxygen atoms in total. The third-order valence-corrected chi connectivity index (χ3v) is 7.86. The minimum absolute atomic E-state index is 0.125. The summed E-state index contributed by atoms with van der Waals surface area (Å²) in [5.41, 5.74) is 0. The molecule has 0 N–H and O–H groups in total. The molecule has 0 atom stereocenters. The molecular formula is C37H74O7. The Morgan fingerprint density at radius 3 is 0.955 bits per heavy atom. The molecule has 0 fully saturated rings. The van der Waals surface area contributed by atoms with Gasteiger partial charge in [-0.1, -0.05) is 142 Å². The van der Waals surface area contributed by atoms with E-state index in [1.54, 1.807) is 0 Å². The zero-order valence-corrected chi connectivity index (χ0v) is 29.4. The third kappa shape index (κ3) is 39.3. The van der Waals surface area contributed by atoms with Gasteiger partial charge in [0.2, 0.25) is 0 Å². The zero-order chi connectivity index (χ0) is 31.9. The Hall–Kier alpha value is -0.730. The number of hydrogen-bond donors (Lipinski definition) is 0. The highest BCUT2D eigenvalue weighted by Gasteiger charge is 2.02. The van der Waals surface area contributed by atoms with Crippen LogP contribution in [0.4, 0.5) is 0 Å². The molecule has 264 valence electrons. The quantitative estimate of drug-likeness (QED) is 0.0495. The van der Waals surface area contributed by atoms with Crippen LogP contribution in [0.2, 0.25) is 0 Å². The van der Waals surface area contributed by atoms with Crippen LogP contribution in [0.15, 0.2) is 0 Å². The fourth-order valence-corrected chi connectivity index (χ4v) is 5.07. The average Bonchev–Trinajstić information content (AvgIpc) is 3.03. The molecule has 0 rings (SSSR count). The van der Waals surface area contributed by atoms with Gasteiger partial charge >= 0.3 is 5.97 Å². The average molecular weight is 631 g/mol. The van der Waals surface area contributed by atoms with E-state index >= 15 is 0 Å². The fraction of sp³-hybridized carbons (Fsp3) is 0.973. The van der Waals surface area contributed by atoms with Gasteiger partial charge in [-0.25, -0.2) is 0 Å². The summed E-state index contributed by atoms with van der Waals surface area (Å²) in [7, 11) is 0. The number of carbonyl (C=O) groups excluding carboxylic acids is 1. The molecule has 0 radical (unpaired) electrons. The Kier molecular flexibility index (Phi) is 39.6. The minimum Gasteiger partial charge on any atom is -0.463 e. The molecule has 0 aliphatic heterocycles. The molecule has 0 heterocycles. The molecule has 0 spiro atoms. The Morgan fingerprint density at radius 1 is 0.318 bits per heavy atom. The van der Waals surface area contributed by atoms with Crippen molar-refractivity contribution in [2.24, 2.45) is 0 Å². The van der Waals surface area contributed by atoms with Gasteiger partial charge in [-0.2, -0.15) is 0 Å². The first-order valence-corrected chi connectivity index (χ1v) is 18.9. The summed E-state index contributed by atoms with van der Waals surface area (Å²) in [5, 5.41) is 0. The fourth-order valence-electron chi connectivity index (χ4n) is 5.07. The second-order valence-electron chi connectivity index (χ2n) is 12.1. The van der Waals surface area contributed by atoms with Gasteiger partial charge in [0.1, 0.15) is 6.61 Å². The molecule has 0 bridgehead atoms. The van der Waals surface area contributed by atoms with Crippen molar-refractivity contribution in [3.63, 3.8) is 0 Å². The Bertz CT molecular complexity index is 532. The van der Waals surface area contributed by atoms with Crippen molar-refractivity contribution in [3.05, 3.63) is 0 Å². The van der Waals surface area contributed by atoms with E-state index in [1.807, 2.05) is 0 Å². The van der Waals surface area contributed by atoms with E-state index in [9.17, 15) is 4.79 Å². The lowest BCUT2D eigenvalue weighted by Crippen LogP contribution is -2.15. The van der Waals surface area contributed by atoms with Crippen molar-refractivity contribution < 1.29 is 33.2 Å². The summed E-state index contributed by atoms with van der Waals surface area (Å²) in [4.78, 5) is 11.7. The number of rotatable bonds is 39. The summed E-state index contributed by atoms with van der Waals surface area (Å²) in [5.74, 6) is -0.125. The second kappa shape index (κ2) is 40.3. The van der Waals surface area contributed by atoms with E-state index in [0.29, 0.717) is 72.5 Å². The number of ether oxygens (including phenoxy) is 6. The maximum Gasteiger partial charge on any atom is 0.305 e. The molecular weight excluding hydrogens is 556 g/mol. The maximum atomic E-state index is 11.7. The lowest BCUT2D eigenvalue weighted by atomic mass is 10.0. The van der Waals surface area contributed by atoms with Crippen LogP contribution in [-0.4, -0.2) is 78.6 Å². The second-order valence-corrected chi connectivity index (χ2v) is 12.1. The number of esters is 1. The smallest absolute Gasteiger partial charge is 0.305 e. The lowest BCUT2D eigenvalue weighted by Gasteiger charge is -2.08. The van der Waals surface area contributed by atoms with Crippen molar-refractivity contribution in [2.75, 3.05) is 72.7 Å². The Labute approximate surface area is 273 Å². The largest absolute Gasteiger partial charge is 0.463 e. The predicted octanol–water partition coefficient (Wildman–Crippen LogP) is 9.62. The predicted molar refractivity (Wildman–Crippen MR) is 183 cm³/mol. The number of carbonyl (C=O) groups is 1. The van der Waals surface area contributed by atoms with Gasteiger partial charge in [-0.3, -0.25) is 4.79 Å². The van der Waals surface area contributed by atoms with Crippen molar-refractivity contribution in [1.29, 1.82) is 0 Å². The zero-order valence-electron chi connectivity index (χ0n) is 29.4. The standard InChI is InChI=1S/C37H74O7/c1-3-5-7-9-11-12-13-14-15-16-17-18-19-20-22-24-26-39-27-28-40-29-30-41-31-32-42-33-34-43-35-36-44-37(38)25-23-21-10-8-6-4-2/h3-36H2,1-2H3. The van der Waals surface area contributed by atoms with Crippen molar-refractivity contribution in [3.8, 4) is 0 Å². The van der Waals surface area contributed by atoms with Crippen LogP contribution >= 0.6 is 0 Å². The number of hydrogen-bond acceptors (Lipinski definition) is 7. The lowest BCUT2D eigenvalue weighted by molar-refractivity contribution is -0.145. The van der Waals surface area contributed by atoms with Gasteiger partial charge in [0, 0.05) is 13.0 Å². The van der Waals surface area contributed by atoms with Crippen molar-refractivity contribution in [2.45, 2.75) is 162 Å². The molecule has 0 aliphatic rings. The normalized spacial score (nSPS) is 11.4. The first kappa shape index (κ1) is 43.3. The van der Waals surface area contributed by atoms with Gasteiger partial charge in [-0.05, 0) is 12.8 Å². The van der Waals surface area contributed by atoms with Crippen LogP contribution < -0.4 is 0 Å². The summed E-state index contributed by atoms with van der Waals surface area (Å²) in [6, 6.07) is 0. The molecule has 0 saturated heterocycles. The highest BCUT2D eigenvalue weighted by atomic mass is 16.6. The summed E-state index contributed by atoms with van der Waals surface area (Å²) in [6.45, 7) is 10.5. The van der Waals surface area contributed by atoms with Crippen molar-refractivity contribution >= 4 is 5.97 Å². The topological polar surface area (TPSA) is 72.5 Å². The molecule has 0 aliphatic carbocycles. The van der Waals surface area contributed by atoms with Gasteiger partial charge in [0.25, 0.3) is 0 Å². The van der Waals surface area contributed by atoms with Gasteiger partial charge < -0.3 is 28.4 Å². The van der Waals surface area contributed by atoms with Crippen LogP contribution in [0, 0.1) is 0 Å².